The first-order valence-electron chi connectivity index (χ1n) is 7.10. The van der Waals surface area contributed by atoms with E-state index in [1.54, 1.807) is 7.11 Å². The molecule has 0 radical (unpaired) electrons. The fraction of sp³-hybridized carbons (Fsp3) is 0.562. The first-order chi connectivity index (χ1) is 9.95. The summed E-state index contributed by atoms with van der Waals surface area (Å²) in [6, 6.07) is 7.69. The van der Waals surface area contributed by atoms with Crippen LogP contribution in [0, 0.1) is 5.92 Å². The number of aliphatic imine (C=N–C) groups is 1. The summed E-state index contributed by atoms with van der Waals surface area (Å²) in [6.07, 6.45) is 0. The van der Waals surface area contributed by atoms with Gasteiger partial charge in [0.15, 0.2) is 17.5 Å². The van der Waals surface area contributed by atoms with Crippen molar-refractivity contribution < 1.29 is 9.47 Å². The molecule has 0 saturated heterocycles. The molecule has 5 nitrogen and oxygen atoms in total. The number of benzene rings is 1. The van der Waals surface area contributed by atoms with Crippen molar-refractivity contribution in [3.8, 4) is 11.5 Å². The first-order valence-corrected chi connectivity index (χ1v) is 7.10. The second-order valence-corrected chi connectivity index (χ2v) is 5.50. The highest BCUT2D eigenvalue weighted by Crippen LogP contribution is 2.26. The maximum absolute atomic E-state index is 5.82. The minimum atomic E-state index is 0. The fourth-order valence-electron chi connectivity index (χ4n) is 1.94. The Hall–Kier alpha value is -1.18. The van der Waals surface area contributed by atoms with Gasteiger partial charge < -0.3 is 19.3 Å². The summed E-state index contributed by atoms with van der Waals surface area (Å²) in [6.45, 7) is 3.46. The Morgan fingerprint density at radius 1 is 1.09 bits per heavy atom. The molecule has 0 fully saturated rings. The number of hydrogen-bond acceptors (Lipinski definition) is 3. The normalized spacial score (nSPS) is 11.0. The Morgan fingerprint density at radius 3 is 2.14 bits per heavy atom. The van der Waals surface area contributed by atoms with Gasteiger partial charge in [-0.25, -0.2) is 0 Å². The lowest BCUT2D eigenvalue weighted by molar-refractivity contribution is 0.250. The fourth-order valence-corrected chi connectivity index (χ4v) is 1.94. The zero-order valence-electron chi connectivity index (χ0n) is 14.4. The van der Waals surface area contributed by atoms with Crippen molar-refractivity contribution in [1.82, 2.24) is 9.80 Å². The minimum absolute atomic E-state index is 0. The molecule has 1 aromatic rings. The van der Waals surface area contributed by atoms with Gasteiger partial charge in [-0.05, 0) is 12.1 Å². The molecule has 6 heteroatoms. The van der Waals surface area contributed by atoms with E-state index in [4.69, 9.17) is 9.47 Å². The van der Waals surface area contributed by atoms with Gasteiger partial charge in [0.25, 0.3) is 0 Å². The zero-order chi connectivity index (χ0) is 15.8. The van der Waals surface area contributed by atoms with Gasteiger partial charge in [0, 0.05) is 40.7 Å². The molecule has 1 aromatic carbocycles. The van der Waals surface area contributed by atoms with Crippen molar-refractivity contribution in [1.29, 1.82) is 0 Å². The van der Waals surface area contributed by atoms with Gasteiger partial charge >= 0.3 is 0 Å². The Morgan fingerprint density at radius 2 is 1.64 bits per heavy atom. The van der Waals surface area contributed by atoms with Crippen LogP contribution in [0.4, 0.5) is 0 Å². The third-order valence-electron chi connectivity index (χ3n) is 2.94. The second-order valence-electron chi connectivity index (χ2n) is 5.50. The van der Waals surface area contributed by atoms with Crippen LogP contribution in [0.2, 0.25) is 0 Å². The summed E-state index contributed by atoms with van der Waals surface area (Å²) in [5.74, 6) is 2.82. The van der Waals surface area contributed by atoms with Crippen molar-refractivity contribution in [2.24, 2.45) is 10.9 Å². The summed E-state index contributed by atoms with van der Waals surface area (Å²) in [5, 5.41) is 0. The molecular formula is C16H28IN3O2. The lowest BCUT2D eigenvalue weighted by Gasteiger charge is -2.23. The molecule has 0 heterocycles. The Balaban J connectivity index is 0.00000441. The maximum atomic E-state index is 5.82. The molecule has 0 spiro atoms. The lowest BCUT2D eigenvalue weighted by atomic mass is 10.2. The SMILES string of the molecule is COc1ccccc1OCC(C)CN=C(N(C)C)N(C)C.I. The molecule has 1 atom stereocenters. The molecule has 0 amide bonds. The number of methoxy groups -OCH3 is 1. The van der Waals surface area contributed by atoms with Crippen LogP contribution < -0.4 is 9.47 Å². The smallest absolute Gasteiger partial charge is 0.195 e. The number of hydrogen-bond donors (Lipinski definition) is 0. The molecule has 0 aromatic heterocycles. The molecule has 0 aliphatic carbocycles. The summed E-state index contributed by atoms with van der Waals surface area (Å²) >= 11 is 0. The molecule has 0 saturated carbocycles. The molecule has 0 N–H and O–H groups in total. The van der Waals surface area contributed by atoms with Gasteiger partial charge in [-0.3, -0.25) is 4.99 Å². The number of halogens is 1. The van der Waals surface area contributed by atoms with Gasteiger partial charge in [0.2, 0.25) is 0 Å². The van der Waals surface area contributed by atoms with Crippen LogP contribution in [0.15, 0.2) is 29.3 Å². The number of ether oxygens (including phenoxy) is 2. The maximum Gasteiger partial charge on any atom is 0.195 e. The molecule has 0 aliphatic heterocycles. The Labute approximate surface area is 151 Å². The summed E-state index contributed by atoms with van der Waals surface area (Å²) in [7, 11) is 9.63. The highest BCUT2D eigenvalue weighted by Gasteiger charge is 2.09. The first kappa shape index (κ1) is 20.8. The average molecular weight is 421 g/mol. The van der Waals surface area contributed by atoms with E-state index < -0.39 is 0 Å². The van der Waals surface area contributed by atoms with E-state index in [9.17, 15) is 0 Å². The highest BCUT2D eigenvalue weighted by atomic mass is 127. The molecule has 126 valence electrons. The van der Waals surface area contributed by atoms with E-state index in [0.29, 0.717) is 12.5 Å². The largest absolute Gasteiger partial charge is 0.493 e. The predicted molar refractivity (Wildman–Crippen MR) is 103 cm³/mol. The van der Waals surface area contributed by atoms with E-state index in [-0.39, 0.29) is 24.0 Å². The molecule has 1 rings (SSSR count). The van der Waals surface area contributed by atoms with E-state index in [1.165, 1.54) is 0 Å². The Bertz CT molecular complexity index is 454. The van der Waals surface area contributed by atoms with Crippen molar-refractivity contribution in [3.05, 3.63) is 24.3 Å². The van der Waals surface area contributed by atoms with Crippen LogP contribution >= 0.6 is 24.0 Å². The van der Waals surface area contributed by atoms with E-state index in [0.717, 1.165) is 24.0 Å². The number of rotatable bonds is 6. The summed E-state index contributed by atoms with van der Waals surface area (Å²) < 4.78 is 11.1. The Kier molecular flexibility index (Phi) is 9.97. The van der Waals surface area contributed by atoms with Gasteiger partial charge in [0.1, 0.15) is 0 Å². The van der Waals surface area contributed by atoms with Gasteiger partial charge in [0.05, 0.1) is 13.7 Å². The van der Waals surface area contributed by atoms with Crippen LogP contribution in [0.25, 0.3) is 0 Å². The van der Waals surface area contributed by atoms with Gasteiger partial charge in [-0.15, -0.1) is 24.0 Å². The van der Waals surface area contributed by atoms with Crippen molar-refractivity contribution >= 4 is 29.9 Å². The summed E-state index contributed by atoms with van der Waals surface area (Å²) in [5.41, 5.74) is 0. The van der Waals surface area contributed by atoms with E-state index in [1.807, 2.05) is 62.3 Å². The molecular weight excluding hydrogens is 393 g/mol. The number of para-hydroxylation sites is 2. The third-order valence-corrected chi connectivity index (χ3v) is 2.94. The van der Waals surface area contributed by atoms with E-state index >= 15 is 0 Å². The minimum Gasteiger partial charge on any atom is -0.493 e. The van der Waals surface area contributed by atoms with Gasteiger partial charge in [-0.1, -0.05) is 19.1 Å². The van der Waals surface area contributed by atoms with Crippen molar-refractivity contribution in [2.75, 3.05) is 48.5 Å². The lowest BCUT2D eigenvalue weighted by Crippen LogP contribution is -2.36. The number of nitrogens with zero attached hydrogens (tertiary/aromatic N) is 3. The van der Waals surface area contributed by atoms with Crippen LogP contribution in [-0.4, -0.2) is 64.2 Å². The highest BCUT2D eigenvalue weighted by molar-refractivity contribution is 14.0. The predicted octanol–water partition coefficient (Wildman–Crippen LogP) is 2.81. The second kappa shape index (κ2) is 10.5. The van der Waals surface area contributed by atoms with Crippen LogP contribution in [-0.2, 0) is 0 Å². The molecule has 0 aliphatic rings. The molecule has 1 unspecified atom stereocenters. The monoisotopic (exact) mass is 421 g/mol. The summed E-state index contributed by atoms with van der Waals surface area (Å²) in [4.78, 5) is 8.65. The van der Waals surface area contributed by atoms with Crippen molar-refractivity contribution in [2.45, 2.75) is 6.92 Å². The van der Waals surface area contributed by atoms with Crippen LogP contribution in [0.5, 0.6) is 11.5 Å². The zero-order valence-corrected chi connectivity index (χ0v) is 16.7. The number of guanidine groups is 1. The quantitative estimate of drug-likeness (QED) is 0.402. The average Bonchev–Trinajstić information content (AvgIpc) is 2.44. The standard InChI is InChI=1S/C16H27N3O2.HI/c1-13(11-17-16(18(2)3)19(4)5)12-21-15-10-8-7-9-14(15)20-6;/h7-10,13H,11-12H2,1-6H3;1H. The van der Waals surface area contributed by atoms with Crippen molar-refractivity contribution in [3.63, 3.8) is 0 Å². The van der Waals surface area contributed by atoms with Gasteiger partial charge in [-0.2, -0.15) is 0 Å². The third kappa shape index (κ3) is 6.72. The topological polar surface area (TPSA) is 37.3 Å². The van der Waals surface area contributed by atoms with E-state index in [2.05, 4.69) is 11.9 Å². The van der Waals surface area contributed by atoms with Crippen LogP contribution in [0.3, 0.4) is 0 Å². The molecule has 22 heavy (non-hydrogen) atoms. The molecule has 0 bridgehead atoms. The van der Waals surface area contributed by atoms with Crippen LogP contribution in [0.1, 0.15) is 6.92 Å².